The Morgan fingerprint density at radius 1 is 1.19 bits per heavy atom. The van der Waals surface area contributed by atoms with E-state index in [0.717, 1.165) is 17.7 Å². The molecule has 1 fully saturated rings. The van der Waals surface area contributed by atoms with Crippen molar-refractivity contribution in [2.45, 2.75) is 18.9 Å². The molecule has 0 saturated carbocycles. The van der Waals surface area contributed by atoms with Crippen molar-refractivity contribution in [3.8, 4) is 5.75 Å². The maximum atomic E-state index is 14.4. The maximum Gasteiger partial charge on any atom is 0.319 e. The van der Waals surface area contributed by atoms with Crippen LogP contribution in [0.2, 0.25) is 0 Å². The minimum atomic E-state index is -1.10. The van der Waals surface area contributed by atoms with E-state index in [2.05, 4.69) is 16.0 Å². The molecule has 0 aliphatic carbocycles. The van der Waals surface area contributed by atoms with Crippen LogP contribution in [0.3, 0.4) is 0 Å². The smallest absolute Gasteiger partial charge is 0.319 e. The predicted octanol–water partition coefficient (Wildman–Crippen LogP) is 2.69. The van der Waals surface area contributed by atoms with E-state index in [9.17, 15) is 18.4 Å². The summed E-state index contributed by atoms with van der Waals surface area (Å²) in [6.07, 6.45) is 0. The Bertz CT molecular complexity index is 848. The van der Waals surface area contributed by atoms with E-state index < -0.39 is 35.5 Å². The number of rotatable bonds is 4. The third-order valence-electron chi connectivity index (χ3n) is 4.44. The zero-order valence-corrected chi connectivity index (χ0v) is 14.8. The topological polar surface area (TPSA) is 79.5 Å². The fourth-order valence-corrected chi connectivity index (χ4v) is 3.03. The Morgan fingerprint density at radius 2 is 1.81 bits per heavy atom. The first-order valence-corrected chi connectivity index (χ1v) is 8.34. The molecule has 3 amide bonds. The van der Waals surface area contributed by atoms with Crippen molar-refractivity contribution < 1.29 is 23.1 Å². The summed E-state index contributed by atoms with van der Waals surface area (Å²) in [4.78, 5) is 24.3. The van der Waals surface area contributed by atoms with E-state index in [1.165, 1.54) is 7.11 Å². The number of hydrogen-bond acceptors (Lipinski definition) is 3. The van der Waals surface area contributed by atoms with Crippen LogP contribution in [0.5, 0.6) is 5.75 Å². The summed E-state index contributed by atoms with van der Waals surface area (Å²) >= 11 is 0. The third kappa shape index (κ3) is 3.99. The Hall–Kier alpha value is -3.16. The molecule has 2 atom stereocenters. The first-order valence-electron chi connectivity index (χ1n) is 8.34. The highest BCUT2D eigenvalue weighted by molar-refractivity contribution is 5.95. The van der Waals surface area contributed by atoms with Crippen LogP contribution in [0.1, 0.15) is 17.0 Å². The molecule has 1 saturated heterocycles. The fraction of sp³-hybridized carbons (Fsp3) is 0.263. The summed E-state index contributed by atoms with van der Waals surface area (Å²) in [5, 5.41) is 7.63. The number of hydrogen-bond donors (Lipinski definition) is 3. The van der Waals surface area contributed by atoms with Crippen LogP contribution in [0.15, 0.2) is 36.4 Å². The molecule has 1 heterocycles. The molecule has 142 valence electrons. The van der Waals surface area contributed by atoms with E-state index >= 15 is 0 Å². The largest absolute Gasteiger partial charge is 0.497 e. The highest BCUT2D eigenvalue weighted by atomic mass is 19.1. The van der Waals surface area contributed by atoms with Gasteiger partial charge in [-0.05, 0) is 19.1 Å². The normalized spacial score (nSPS) is 18.7. The van der Waals surface area contributed by atoms with Crippen molar-refractivity contribution in [1.82, 2.24) is 10.6 Å². The lowest BCUT2D eigenvalue weighted by Gasteiger charge is -2.20. The standard InChI is InChI=1S/C19H19F2N3O3/c1-10-3-5-11(6-4-10)23-19(26)24-17-13(9-22-18(17)25)16-14(20)7-12(27-2)8-15(16)21/h3-8,13,17H,9H2,1-2H3,(H,22,25)(H2,23,24,26). The van der Waals surface area contributed by atoms with Gasteiger partial charge in [-0.1, -0.05) is 17.7 Å². The lowest BCUT2D eigenvalue weighted by molar-refractivity contribution is -0.120. The molecule has 0 radical (unpaired) electrons. The number of nitrogens with one attached hydrogen (secondary N) is 3. The van der Waals surface area contributed by atoms with Crippen molar-refractivity contribution in [3.63, 3.8) is 0 Å². The lowest BCUT2D eigenvalue weighted by Crippen LogP contribution is -2.45. The van der Waals surface area contributed by atoms with E-state index in [0.29, 0.717) is 5.69 Å². The van der Waals surface area contributed by atoms with E-state index in [1.54, 1.807) is 12.1 Å². The molecule has 3 N–H and O–H groups in total. The predicted molar refractivity (Wildman–Crippen MR) is 95.8 cm³/mol. The Balaban J connectivity index is 1.78. The van der Waals surface area contributed by atoms with Gasteiger partial charge in [-0.15, -0.1) is 0 Å². The molecular weight excluding hydrogens is 356 g/mol. The summed E-state index contributed by atoms with van der Waals surface area (Å²) < 4.78 is 33.6. The number of aryl methyl sites for hydroxylation is 1. The van der Waals surface area contributed by atoms with Gasteiger partial charge in [0.1, 0.15) is 23.4 Å². The minimum Gasteiger partial charge on any atom is -0.497 e. The van der Waals surface area contributed by atoms with Gasteiger partial charge >= 0.3 is 6.03 Å². The molecule has 3 rings (SSSR count). The molecule has 0 spiro atoms. The monoisotopic (exact) mass is 375 g/mol. The highest BCUT2D eigenvalue weighted by Crippen LogP contribution is 2.31. The van der Waals surface area contributed by atoms with Gasteiger partial charge in [-0.3, -0.25) is 4.79 Å². The van der Waals surface area contributed by atoms with Crippen molar-refractivity contribution in [2.75, 3.05) is 19.0 Å². The van der Waals surface area contributed by atoms with Crippen molar-refractivity contribution >= 4 is 17.6 Å². The van der Waals surface area contributed by atoms with Crippen molar-refractivity contribution in [2.24, 2.45) is 0 Å². The van der Waals surface area contributed by atoms with Crippen molar-refractivity contribution in [3.05, 3.63) is 59.2 Å². The fourth-order valence-electron chi connectivity index (χ4n) is 3.03. The molecule has 2 aromatic carbocycles. The highest BCUT2D eigenvalue weighted by Gasteiger charge is 2.40. The molecule has 8 heteroatoms. The molecule has 27 heavy (non-hydrogen) atoms. The summed E-state index contributed by atoms with van der Waals surface area (Å²) in [5.74, 6) is -3.02. The first-order chi connectivity index (χ1) is 12.9. The molecule has 1 aliphatic rings. The van der Waals surface area contributed by atoms with Gasteiger partial charge in [0.25, 0.3) is 0 Å². The van der Waals surface area contributed by atoms with Gasteiger partial charge in [0.05, 0.1) is 7.11 Å². The van der Waals surface area contributed by atoms with E-state index in [-0.39, 0.29) is 17.9 Å². The second-order valence-corrected chi connectivity index (χ2v) is 6.30. The molecule has 6 nitrogen and oxygen atoms in total. The van der Waals surface area contributed by atoms with E-state index in [4.69, 9.17) is 4.74 Å². The number of methoxy groups -OCH3 is 1. The molecule has 0 aromatic heterocycles. The first kappa shape index (κ1) is 18.6. The number of urea groups is 1. The van der Waals surface area contributed by atoms with Gasteiger partial charge in [0.15, 0.2) is 0 Å². The number of carbonyl (C=O) groups is 2. The second kappa shape index (κ2) is 7.61. The minimum absolute atomic E-state index is 0.00841. The average molecular weight is 375 g/mol. The summed E-state index contributed by atoms with van der Waals surface area (Å²) in [6.45, 7) is 1.92. The summed E-state index contributed by atoms with van der Waals surface area (Å²) in [5.41, 5.74) is 1.30. The number of anilines is 1. The maximum absolute atomic E-state index is 14.4. The molecule has 1 aliphatic heterocycles. The van der Waals surface area contributed by atoms with Crippen LogP contribution >= 0.6 is 0 Å². The van der Waals surface area contributed by atoms with Crippen LogP contribution in [0.25, 0.3) is 0 Å². The zero-order chi connectivity index (χ0) is 19.6. The Kier molecular flexibility index (Phi) is 5.25. The van der Waals surface area contributed by atoms with E-state index in [1.807, 2.05) is 19.1 Å². The van der Waals surface area contributed by atoms with Crippen molar-refractivity contribution in [1.29, 1.82) is 0 Å². The Morgan fingerprint density at radius 3 is 2.41 bits per heavy atom. The van der Waals surface area contributed by atoms with Gasteiger partial charge < -0.3 is 20.7 Å². The van der Waals surface area contributed by atoms with Gasteiger partial charge in [0.2, 0.25) is 5.91 Å². The number of carbonyl (C=O) groups excluding carboxylic acids is 2. The van der Waals surface area contributed by atoms with Crippen LogP contribution in [0.4, 0.5) is 19.3 Å². The number of amides is 3. The summed E-state index contributed by atoms with van der Waals surface area (Å²) in [7, 11) is 1.30. The SMILES string of the molecule is COc1cc(F)c(C2CNC(=O)C2NC(=O)Nc2ccc(C)cc2)c(F)c1. The number of halogens is 2. The van der Waals surface area contributed by atoms with Crippen LogP contribution in [0, 0.1) is 18.6 Å². The lowest BCUT2D eigenvalue weighted by atomic mass is 9.93. The zero-order valence-electron chi connectivity index (χ0n) is 14.8. The molecular formula is C19H19F2N3O3. The molecule has 2 unspecified atom stereocenters. The number of ether oxygens (including phenoxy) is 1. The third-order valence-corrected chi connectivity index (χ3v) is 4.44. The van der Waals surface area contributed by atoms with Gasteiger partial charge in [0, 0.05) is 35.8 Å². The average Bonchev–Trinajstić information content (AvgIpc) is 2.97. The molecule has 2 aromatic rings. The second-order valence-electron chi connectivity index (χ2n) is 6.30. The van der Waals surface area contributed by atoms with Crippen LogP contribution in [-0.2, 0) is 4.79 Å². The van der Waals surface area contributed by atoms with Crippen LogP contribution in [-0.4, -0.2) is 31.6 Å². The Labute approximate surface area is 154 Å². The molecule has 0 bridgehead atoms. The van der Waals surface area contributed by atoms with Gasteiger partial charge in [-0.2, -0.15) is 0 Å². The quantitative estimate of drug-likeness (QED) is 0.769. The number of benzene rings is 2. The summed E-state index contributed by atoms with van der Waals surface area (Å²) in [6, 6.07) is 7.42. The van der Waals surface area contributed by atoms with Crippen LogP contribution < -0.4 is 20.7 Å². The van der Waals surface area contributed by atoms with Gasteiger partial charge in [-0.25, -0.2) is 13.6 Å².